The minimum absolute atomic E-state index is 0.878. The molecule has 0 unspecified atom stereocenters. The van der Waals surface area contributed by atoms with Crippen molar-refractivity contribution >= 4 is 5.82 Å². The zero-order chi connectivity index (χ0) is 12.0. The van der Waals surface area contributed by atoms with E-state index in [2.05, 4.69) is 40.3 Å². The van der Waals surface area contributed by atoms with Gasteiger partial charge in [0.15, 0.2) is 0 Å². The van der Waals surface area contributed by atoms with Gasteiger partial charge in [-0.05, 0) is 40.3 Å². The van der Waals surface area contributed by atoms with Crippen LogP contribution in [0.5, 0.6) is 0 Å². The Hall–Kier alpha value is -1.13. The lowest BCUT2D eigenvalue weighted by Crippen LogP contribution is -2.21. The van der Waals surface area contributed by atoms with Gasteiger partial charge in [-0.3, -0.25) is 0 Å². The number of aromatic nitrogens is 1. The van der Waals surface area contributed by atoms with E-state index in [0.717, 1.165) is 31.1 Å². The maximum atomic E-state index is 4.54. The van der Waals surface area contributed by atoms with E-state index in [1.165, 1.54) is 0 Å². The molecule has 0 spiro atoms. The van der Waals surface area contributed by atoms with Crippen molar-refractivity contribution in [3.63, 3.8) is 0 Å². The first kappa shape index (κ1) is 12.9. The Morgan fingerprint density at radius 1 is 1.12 bits per heavy atom. The Balaban J connectivity index is 2.47. The maximum absolute atomic E-state index is 4.54. The molecule has 0 atom stereocenters. The van der Waals surface area contributed by atoms with E-state index < -0.39 is 0 Å². The maximum Gasteiger partial charge on any atom is 0.126 e. The number of nitrogens with zero attached hydrogens (tertiary/aromatic N) is 3. The minimum atomic E-state index is 0.878. The summed E-state index contributed by atoms with van der Waals surface area (Å²) in [7, 11) is 8.23. The van der Waals surface area contributed by atoms with Crippen LogP contribution in [-0.4, -0.2) is 56.1 Å². The first-order valence-electron chi connectivity index (χ1n) is 5.57. The molecule has 1 rings (SSSR count). The van der Waals surface area contributed by atoms with E-state index >= 15 is 0 Å². The molecule has 0 amide bonds. The van der Waals surface area contributed by atoms with Crippen molar-refractivity contribution in [2.24, 2.45) is 0 Å². The van der Waals surface area contributed by atoms with Gasteiger partial charge in [-0.15, -0.1) is 0 Å². The van der Waals surface area contributed by atoms with Crippen molar-refractivity contribution in [2.75, 3.05) is 46.6 Å². The molecule has 1 aromatic rings. The van der Waals surface area contributed by atoms with E-state index in [9.17, 15) is 0 Å². The lowest BCUT2D eigenvalue weighted by Gasteiger charge is -2.12. The highest BCUT2D eigenvalue weighted by Gasteiger charge is 1.99. The monoisotopic (exact) mass is 222 g/mol. The smallest absolute Gasteiger partial charge is 0.126 e. The lowest BCUT2D eigenvalue weighted by molar-refractivity contribution is 0.397. The van der Waals surface area contributed by atoms with E-state index in [0.29, 0.717) is 0 Å². The van der Waals surface area contributed by atoms with Crippen LogP contribution in [0.25, 0.3) is 0 Å². The molecule has 0 fully saturated rings. The van der Waals surface area contributed by atoms with Crippen LogP contribution in [-0.2, 0) is 6.54 Å². The molecule has 16 heavy (non-hydrogen) atoms. The normalized spacial score (nSPS) is 11.1. The third kappa shape index (κ3) is 5.09. The van der Waals surface area contributed by atoms with Crippen LogP contribution in [0.1, 0.15) is 5.69 Å². The van der Waals surface area contributed by atoms with Crippen molar-refractivity contribution < 1.29 is 0 Å². The number of anilines is 1. The molecule has 90 valence electrons. The van der Waals surface area contributed by atoms with Gasteiger partial charge < -0.3 is 15.1 Å². The molecule has 4 heteroatoms. The molecule has 1 aromatic heterocycles. The zero-order valence-corrected chi connectivity index (χ0v) is 10.7. The molecular weight excluding hydrogens is 200 g/mol. The molecule has 0 aliphatic carbocycles. The Morgan fingerprint density at radius 2 is 1.88 bits per heavy atom. The van der Waals surface area contributed by atoms with Crippen LogP contribution in [0.2, 0.25) is 0 Å². The summed E-state index contributed by atoms with van der Waals surface area (Å²) in [6, 6.07) is 6.11. The van der Waals surface area contributed by atoms with Gasteiger partial charge in [0.1, 0.15) is 5.82 Å². The lowest BCUT2D eigenvalue weighted by atomic mass is 10.3. The summed E-state index contributed by atoms with van der Waals surface area (Å²) in [5, 5.41) is 3.32. The molecule has 0 saturated carbocycles. The molecule has 4 nitrogen and oxygen atoms in total. The van der Waals surface area contributed by atoms with E-state index in [4.69, 9.17) is 0 Å². The second-order valence-corrected chi connectivity index (χ2v) is 4.48. The van der Waals surface area contributed by atoms with Gasteiger partial charge in [0.2, 0.25) is 0 Å². The van der Waals surface area contributed by atoms with Crippen molar-refractivity contribution in [2.45, 2.75) is 6.54 Å². The molecule has 0 bridgehead atoms. The summed E-state index contributed by atoms with van der Waals surface area (Å²) in [5.41, 5.74) is 1.10. The predicted octanol–water partition coefficient (Wildman–Crippen LogP) is 1.12. The van der Waals surface area contributed by atoms with Crippen LogP contribution < -0.4 is 5.32 Å². The van der Waals surface area contributed by atoms with Crippen molar-refractivity contribution in [1.82, 2.24) is 14.8 Å². The van der Waals surface area contributed by atoms with Crippen molar-refractivity contribution in [1.29, 1.82) is 0 Å². The fraction of sp³-hybridized carbons (Fsp3) is 0.583. The number of likely N-dealkylation sites (N-methyl/N-ethyl adjacent to an activating group) is 1. The predicted molar refractivity (Wildman–Crippen MR) is 68.7 cm³/mol. The number of nitrogens with one attached hydrogen (secondary N) is 1. The average molecular weight is 222 g/mol. The van der Waals surface area contributed by atoms with Crippen LogP contribution in [0, 0.1) is 0 Å². The van der Waals surface area contributed by atoms with E-state index in [-0.39, 0.29) is 0 Å². The molecule has 1 heterocycles. The summed E-state index contributed by atoms with van der Waals surface area (Å²) in [5.74, 6) is 0.959. The minimum Gasteiger partial charge on any atom is -0.369 e. The van der Waals surface area contributed by atoms with Crippen LogP contribution in [0.15, 0.2) is 18.2 Å². The van der Waals surface area contributed by atoms with Gasteiger partial charge in [-0.2, -0.15) is 0 Å². The third-order valence-electron chi connectivity index (χ3n) is 2.15. The molecule has 0 radical (unpaired) electrons. The number of hydrogen-bond donors (Lipinski definition) is 1. The van der Waals surface area contributed by atoms with E-state index in [1.54, 1.807) is 0 Å². The second-order valence-electron chi connectivity index (χ2n) is 4.48. The first-order valence-corrected chi connectivity index (χ1v) is 5.57. The molecular formula is C12H22N4. The van der Waals surface area contributed by atoms with Gasteiger partial charge in [0, 0.05) is 19.6 Å². The van der Waals surface area contributed by atoms with Crippen molar-refractivity contribution in [3.8, 4) is 0 Å². The summed E-state index contributed by atoms with van der Waals surface area (Å²) in [6.45, 7) is 2.81. The first-order chi connectivity index (χ1) is 7.58. The van der Waals surface area contributed by atoms with Gasteiger partial charge in [0.05, 0.1) is 5.69 Å². The number of rotatable bonds is 6. The molecule has 1 N–H and O–H groups in total. The fourth-order valence-corrected chi connectivity index (χ4v) is 1.40. The Bertz CT molecular complexity index is 310. The highest BCUT2D eigenvalue weighted by atomic mass is 15.1. The van der Waals surface area contributed by atoms with Crippen LogP contribution >= 0.6 is 0 Å². The summed E-state index contributed by atoms with van der Waals surface area (Å²) < 4.78 is 0. The van der Waals surface area contributed by atoms with E-state index in [1.807, 2.05) is 26.2 Å². The molecule has 0 aliphatic rings. The summed E-state index contributed by atoms with van der Waals surface area (Å²) >= 11 is 0. The van der Waals surface area contributed by atoms with Gasteiger partial charge in [-0.25, -0.2) is 4.98 Å². The highest BCUT2D eigenvalue weighted by Crippen LogP contribution is 2.05. The van der Waals surface area contributed by atoms with Gasteiger partial charge in [-0.1, -0.05) is 6.07 Å². The molecule has 0 aliphatic heterocycles. The highest BCUT2D eigenvalue weighted by molar-refractivity contribution is 5.35. The SMILES string of the molecule is CN(C)CCNc1cccc(CN(C)C)n1. The van der Waals surface area contributed by atoms with Gasteiger partial charge in [0.25, 0.3) is 0 Å². The quantitative estimate of drug-likeness (QED) is 0.781. The second kappa shape index (κ2) is 6.45. The largest absolute Gasteiger partial charge is 0.369 e. The standard InChI is InChI=1S/C12H22N4/c1-15(2)9-8-13-12-7-5-6-11(14-12)10-16(3)4/h5-7H,8-10H2,1-4H3,(H,13,14). The number of pyridine rings is 1. The third-order valence-corrected chi connectivity index (χ3v) is 2.15. The molecule has 0 saturated heterocycles. The number of hydrogen-bond acceptors (Lipinski definition) is 4. The van der Waals surface area contributed by atoms with Crippen LogP contribution in [0.3, 0.4) is 0 Å². The summed E-state index contributed by atoms with van der Waals surface area (Å²) in [4.78, 5) is 8.80. The van der Waals surface area contributed by atoms with Crippen LogP contribution in [0.4, 0.5) is 5.82 Å². The Kier molecular flexibility index (Phi) is 5.22. The topological polar surface area (TPSA) is 31.4 Å². The molecule has 0 aromatic carbocycles. The zero-order valence-electron chi connectivity index (χ0n) is 10.7. The average Bonchev–Trinajstić information content (AvgIpc) is 2.16. The fourth-order valence-electron chi connectivity index (χ4n) is 1.40. The van der Waals surface area contributed by atoms with Gasteiger partial charge >= 0.3 is 0 Å². The Labute approximate surface area is 98.3 Å². The summed E-state index contributed by atoms with van der Waals surface area (Å²) in [6.07, 6.45) is 0. The Morgan fingerprint density at radius 3 is 2.50 bits per heavy atom. The van der Waals surface area contributed by atoms with Crippen molar-refractivity contribution in [3.05, 3.63) is 23.9 Å².